The van der Waals surface area contributed by atoms with Crippen LogP contribution in [0, 0.1) is 13.8 Å². The lowest BCUT2D eigenvalue weighted by Gasteiger charge is -2.13. The van der Waals surface area contributed by atoms with Gasteiger partial charge >= 0.3 is 0 Å². The molecule has 148 valence electrons. The Hall–Kier alpha value is -2.22. The van der Waals surface area contributed by atoms with E-state index in [4.69, 9.17) is 14.5 Å². The van der Waals surface area contributed by atoms with Crippen molar-refractivity contribution in [3.63, 3.8) is 0 Å². The van der Waals surface area contributed by atoms with Gasteiger partial charge in [0.25, 0.3) is 0 Å². The Morgan fingerprint density at radius 3 is 2.41 bits per heavy atom. The van der Waals surface area contributed by atoms with Crippen molar-refractivity contribution < 1.29 is 9.47 Å². The van der Waals surface area contributed by atoms with E-state index in [1.54, 1.807) is 14.2 Å². The Balaban J connectivity index is 2.15. The summed E-state index contributed by atoms with van der Waals surface area (Å²) in [6.45, 7) is 8.09. The zero-order chi connectivity index (χ0) is 20.0. The number of guanidine groups is 1. The fraction of sp³-hybridized carbons (Fsp3) is 0.474. The second-order valence-electron chi connectivity index (χ2n) is 6.12. The molecule has 0 aliphatic heterocycles. The van der Waals surface area contributed by atoms with E-state index < -0.39 is 0 Å². The van der Waals surface area contributed by atoms with E-state index in [9.17, 15) is 0 Å². The Labute approximate surface area is 169 Å². The van der Waals surface area contributed by atoms with Gasteiger partial charge in [0.2, 0.25) is 0 Å². The minimum Gasteiger partial charge on any atom is -0.493 e. The summed E-state index contributed by atoms with van der Waals surface area (Å²) in [4.78, 5) is 4.70. The van der Waals surface area contributed by atoms with Gasteiger partial charge < -0.3 is 20.1 Å². The first-order valence-electron chi connectivity index (χ1n) is 8.82. The van der Waals surface area contributed by atoms with E-state index in [1.807, 2.05) is 37.7 Å². The van der Waals surface area contributed by atoms with Gasteiger partial charge in [-0.1, -0.05) is 15.9 Å². The van der Waals surface area contributed by atoms with Gasteiger partial charge in [0.05, 0.1) is 26.5 Å². The fourth-order valence-electron chi connectivity index (χ4n) is 2.77. The zero-order valence-electron chi connectivity index (χ0n) is 16.8. The average Bonchev–Trinajstić information content (AvgIpc) is 2.89. The van der Waals surface area contributed by atoms with Crippen molar-refractivity contribution in [3.05, 3.63) is 39.1 Å². The van der Waals surface area contributed by atoms with E-state index in [0.29, 0.717) is 24.6 Å². The van der Waals surface area contributed by atoms with Gasteiger partial charge in [-0.2, -0.15) is 5.10 Å². The maximum Gasteiger partial charge on any atom is 0.191 e. The van der Waals surface area contributed by atoms with Crippen molar-refractivity contribution in [2.75, 3.05) is 20.8 Å². The molecule has 0 radical (unpaired) electrons. The van der Waals surface area contributed by atoms with E-state index in [2.05, 4.69) is 38.6 Å². The third-order valence-corrected chi connectivity index (χ3v) is 5.13. The second-order valence-corrected chi connectivity index (χ2v) is 6.97. The van der Waals surface area contributed by atoms with E-state index in [-0.39, 0.29) is 0 Å². The number of hydrogen-bond donors (Lipinski definition) is 2. The van der Waals surface area contributed by atoms with Crippen molar-refractivity contribution in [2.45, 2.75) is 33.9 Å². The molecule has 0 spiro atoms. The number of aryl methyl sites for hydroxylation is 2. The van der Waals surface area contributed by atoms with Crippen LogP contribution in [-0.4, -0.2) is 36.5 Å². The number of benzene rings is 1. The van der Waals surface area contributed by atoms with Crippen LogP contribution >= 0.6 is 15.9 Å². The third-order valence-electron chi connectivity index (χ3n) is 4.40. The molecule has 0 saturated heterocycles. The van der Waals surface area contributed by atoms with Crippen LogP contribution in [0.3, 0.4) is 0 Å². The van der Waals surface area contributed by atoms with E-state index >= 15 is 0 Å². The molecule has 0 saturated carbocycles. The predicted molar refractivity (Wildman–Crippen MR) is 112 cm³/mol. The number of halogens is 1. The van der Waals surface area contributed by atoms with Crippen LogP contribution in [0.15, 0.2) is 21.6 Å². The maximum absolute atomic E-state index is 5.39. The summed E-state index contributed by atoms with van der Waals surface area (Å²) in [7, 11) is 5.21. The Kier molecular flexibility index (Phi) is 7.53. The highest BCUT2D eigenvalue weighted by atomic mass is 79.9. The lowest BCUT2D eigenvalue weighted by molar-refractivity contribution is 0.354. The number of aliphatic imine (C=N–C) groups is 1. The monoisotopic (exact) mass is 437 g/mol. The molecule has 0 amide bonds. The van der Waals surface area contributed by atoms with Crippen molar-refractivity contribution in [3.8, 4) is 11.5 Å². The molecule has 1 heterocycles. The molecular weight excluding hydrogens is 410 g/mol. The molecule has 0 aliphatic carbocycles. The largest absolute Gasteiger partial charge is 0.493 e. The van der Waals surface area contributed by atoms with Gasteiger partial charge in [-0.05, 0) is 38.5 Å². The van der Waals surface area contributed by atoms with Crippen molar-refractivity contribution >= 4 is 21.9 Å². The smallest absolute Gasteiger partial charge is 0.191 e. The van der Waals surface area contributed by atoms with Crippen LogP contribution < -0.4 is 20.1 Å². The van der Waals surface area contributed by atoms with Gasteiger partial charge in [0.15, 0.2) is 17.5 Å². The second kappa shape index (κ2) is 9.64. The molecule has 1 aromatic heterocycles. The van der Waals surface area contributed by atoms with Gasteiger partial charge in [-0.3, -0.25) is 4.68 Å². The minimum atomic E-state index is 0.501. The topological polar surface area (TPSA) is 72.7 Å². The summed E-state index contributed by atoms with van der Waals surface area (Å²) in [5, 5.41) is 11.1. The van der Waals surface area contributed by atoms with E-state index in [1.165, 1.54) is 5.56 Å². The summed E-state index contributed by atoms with van der Waals surface area (Å²) in [5.41, 5.74) is 4.38. The number of methoxy groups -OCH3 is 2. The minimum absolute atomic E-state index is 0.501. The summed E-state index contributed by atoms with van der Waals surface area (Å²) in [5.74, 6) is 2.12. The summed E-state index contributed by atoms with van der Waals surface area (Å²) < 4.78 is 13.5. The normalized spacial score (nSPS) is 11.4. The predicted octanol–water partition coefficient (Wildman–Crippen LogP) is 3.07. The van der Waals surface area contributed by atoms with Crippen LogP contribution in [0.2, 0.25) is 0 Å². The molecule has 2 rings (SSSR count). The number of rotatable bonds is 7. The van der Waals surface area contributed by atoms with Gasteiger partial charge in [0.1, 0.15) is 0 Å². The number of nitrogens with one attached hydrogen (secondary N) is 2. The number of hydrogen-bond acceptors (Lipinski definition) is 4. The molecular formula is C19H28BrN5O2. The number of aromatic nitrogens is 2. The molecule has 2 aromatic rings. The Morgan fingerprint density at radius 2 is 1.85 bits per heavy atom. The first-order valence-corrected chi connectivity index (χ1v) is 9.62. The van der Waals surface area contributed by atoms with Crippen LogP contribution in [0.1, 0.15) is 29.4 Å². The standard InChI is InChI=1S/C19H28BrN5O2/c1-7-21-19(23-11-15-12(2)24-25(4)13(15)3)22-10-14-8-17(26-5)18(27-6)9-16(14)20/h8-9H,7,10-11H2,1-6H3,(H2,21,22,23). The van der Waals surface area contributed by atoms with Crippen molar-refractivity contribution in [1.29, 1.82) is 0 Å². The van der Waals surface area contributed by atoms with Gasteiger partial charge in [-0.25, -0.2) is 4.99 Å². The Morgan fingerprint density at radius 1 is 1.19 bits per heavy atom. The van der Waals surface area contributed by atoms with Crippen LogP contribution in [-0.2, 0) is 20.1 Å². The average molecular weight is 438 g/mol. The molecule has 0 unspecified atom stereocenters. The fourth-order valence-corrected chi connectivity index (χ4v) is 3.22. The number of nitrogens with zero attached hydrogens (tertiary/aromatic N) is 3. The molecule has 0 fully saturated rings. The van der Waals surface area contributed by atoms with Gasteiger partial charge in [0, 0.05) is 35.9 Å². The summed E-state index contributed by atoms with van der Waals surface area (Å²) in [6.07, 6.45) is 0. The van der Waals surface area contributed by atoms with Crippen molar-refractivity contribution in [2.24, 2.45) is 12.0 Å². The molecule has 1 aromatic carbocycles. The highest BCUT2D eigenvalue weighted by molar-refractivity contribution is 9.10. The first-order chi connectivity index (χ1) is 12.9. The lowest BCUT2D eigenvalue weighted by Crippen LogP contribution is -2.37. The Bertz CT molecular complexity index is 817. The SMILES string of the molecule is CCNC(=NCc1cc(OC)c(OC)cc1Br)NCc1c(C)nn(C)c1C. The van der Waals surface area contributed by atoms with Crippen LogP contribution in [0.5, 0.6) is 11.5 Å². The third kappa shape index (κ3) is 5.15. The van der Waals surface area contributed by atoms with Crippen molar-refractivity contribution in [1.82, 2.24) is 20.4 Å². The molecule has 0 atom stereocenters. The molecule has 2 N–H and O–H groups in total. The molecule has 8 heteroatoms. The molecule has 27 heavy (non-hydrogen) atoms. The highest BCUT2D eigenvalue weighted by Crippen LogP contribution is 2.33. The van der Waals surface area contributed by atoms with Crippen LogP contribution in [0.4, 0.5) is 0 Å². The summed E-state index contributed by atoms with van der Waals surface area (Å²) >= 11 is 3.58. The quantitative estimate of drug-likeness (QED) is 0.514. The number of ether oxygens (including phenoxy) is 2. The van der Waals surface area contributed by atoms with E-state index in [0.717, 1.165) is 33.9 Å². The first kappa shape index (κ1) is 21.1. The van der Waals surface area contributed by atoms with Crippen LogP contribution in [0.25, 0.3) is 0 Å². The van der Waals surface area contributed by atoms with Gasteiger partial charge in [-0.15, -0.1) is 0 Å². The zero-order valence-corrected chi connectivity index (χ0v) is 18.4. The summed E-state index contributed by atoms with van der Waals surface area (Å²) in [6, 6.07) is 3.83. The maximum atomic E-state index is 5.39. The highest BCUT2D eigenvalue weighted by Gasteiger charge is 2.11. The molecule has 0 bridgehead atoms. The lowest BCUT2D eigenvalue weighted by atomic mass is 10.2. The molecule has 7 nitrogen and oxygen atoms in total. The molecule has 0 aliphatic rings.